The fourth-order valence-electron chi connectivity index (χ4n) is 6.20. The fourth-order valence-corrected chi connectivity index (χ4v) is 7.77. The average Bonchev–Trinajstić information content (AvgIpc) is 3.14. The van der Waals surface area contributed by atoms with Crippen molar-refractivity contribution in [3.8, 4) is 22.3 Å². The topological polar surface area (TPSA) is 72.0 Å². The van der Waals surface area contributed by atoms with Crippen molar-refractivity contribution >= 4 is 41.3 Å². The summed E-state index contributed by atoms with van der Waals surface area (Å²) < 4.78 is 34.5. The van der Waals surface area contributed by atoms with Crippen LogP contribution in [0, 0.1) is 7.43 Å². The molecule has 0 unspecified atom stereocenters. The summed E-state index contributed by atoms with van der Waals surface area (Å²) in [5, 5.41) is 3.74. The number of benzene rings is 7. The van der Waals surface area contributed by atoms with Crippen molar-refractivity contribution in [2.24, 2.45) is 0 Å². The van der Waals surface area contributed by atoms with Crippen LogP contribution in [0.4, 0.5) is 0 Å². The Morgan fingerprint density at radius 2 is 0.917 bits per heavy atom. The van der Waals surface area contributed by atoms with E-state index >= 15 is 0 Å². The van der Waals surface area contributed by atoms with Crippen molar-refractivity contribution in [2.75, 3.05) is 0 Å². The summed E-state index contributed by atoms with van der Waals surface area (Å²) in [6, 6.07) is 50.0. The van der Waals surface area contributed by atoms with Gasteiger partial charge in [0.2, 0.25) is 0 Å². The zero-order chi connectivity index (χ0) is 32.8. The summed E-state index contributed by atoms with van der Waals surface area (Å²) in [4.78, 5) is 0.137. The minimum absolute atomic E-state index is 0. The normalized spacial score (nSPS) is 12.4. The zero-order valence-corrected chi connectivity index (χ0v) is 29.5. The molecule has 48 heavy (non-hydrogen) atoms. The molecule has 7 heteroatoms. The predicted octanol–water partition coefficient (Wildman–Crippen LogP) is 12.1. The quantitative estimate of drug-likeness (QED) is 0.114. The second-order valence-electron chi connectivity index (χ2n) is 11.1. The molecule has 240 valence electrons. The van der Waals surface area contributed by atoms with Crippen molar-refractivity contribution in [1.29, 1.82) is 0 Å². The smallest absolute Gasteiger partial charge is 0.102 e. The summed E-state index contributed by atoms with van der Waals surface area (Å²) in [7, 11) is 0.234. The van der Waals surface area contributed by atoms with E-state index in [9.17, 15) is 14.2 Å². The van der Waals surface area contributed by atoms with E-state index in [2.05, 4.69) is 9.69 Å². The van der Waals surface area contributed by atoms with E-state index in [0.29, 0.717) is 16.7 Å². The first kappa shape index (κ1) is 35.2. The Hall–Kier alpha value is -4.16. The van der Waals surface area contributed by atoms with Gasteiger partial charge < -0.3 is 17.9 Å². The fraction of sp³-hybridized carbons (Fsp3) is 0.0488. The minimum Gasteiger partial charge on any atom is -0.672 e. The third-order valence-corrected chi connectivity index (χ3v) is 9.77. The molecule has 0 heterocycles. The molecule has 0 fully saturated rings. The van der Waals surface area contributed by atoms with Crippen LogP contribution in [0.2, 0.25) is 0 Å². The van der Waals surface area contributed by atoms with Gasteiger partial charge in [-0.05, 0) is 43.8 Å². The summed E-state index contributed by atoms with van der Waals surface area (Å²) in [6.07, 6.45) is 0. The van der Waals surface area contributed by atoms with Gasteiger partial charge in [-0.2, -0.15) is 0 Å². The Balaban J connectivity index is 0.00000148. The van der Waals surface area contributed by atoms with Crippen molar-refractivity contribution in [1.82, 2.24) is 0 Å². The molecule has 2 atom stereocenters. The molecule has 0 saturated carbocycles. The van der Waals surface area contributed by atoms with Gasteiger partial charge in [0.1, 0.15) is 10.0 Å². The Kier molecular flexibility index (Phi) is 11.6. The molecular weight excluding hydrogens is 721 g/mol. The van der Waals surface area contributed by atoms with Crippen LogP contribution < -0.4 is 0 Å². The predicted molar refractivity (Wildman–Crippen MR) is 198 cm³/mol. The van der Waals surface area contributed by atoms with Crippen molar-refractivity contribution < 1.29 is 25.7 Å². The third-order valence-electron chi connectivity index (χ3n) is 8.31. The molecule has 0 aromatic heterocycles. The van der Waals surface area contributed by atoms with Crippen molar-refractivity contribution in [3.05, 3.63) is 193 Å². The first-order valence-corrected chi connectivity index (χ1v) is 18.7. The van der Waals surface area contributed by atoms with E-state index in [1.54, 1.807) is 0 Å². The molecule has 1 N–H and O–H groups in total. The number of halogens is 1. The number of sulfonamides is 1. The number of hydrogen-bond donors (Lipinski definition) is 0. The first-order valence-electron chi connectivity index (χ1n) is 15.0. The van der Waals surface area contributed by atoms with Crippen LogP contribution in [0.5, 0.6) is 0 Å². The number of hydrogen-bond acceptors (Lipinski definition) is 2. The summed E-state index contributed by atoms with van der Waals surface area (Å²) >= 11 is 1.82. The Morgan fingerprint density at radius 3 is 1.44 bits per heavy atom. The van der Waals surface area contributed by atoms with E-state index in [1.165, 1.54) is 0 Å². The van der Waals surface area contributed by atoms with E-state index in [-0.39, 0.29) is 12.3 Å². The standard InChI is InChI=1S/C40H30N2O2S.CH3.ClH.Ru/c41-38(36-26-11-20-28-18-7-9-22-32(28)36)39(37-27-12-21-29-19-8-10-23-33(29)37)42-45(43,44)40-34(30-14-3-1-4-15-30)24-13-25-35(40)31-16-5-2-6-17-31;;;/h1-27,38-39,41H;1H3;1H;/q-2;-1;;+4/p-1/t38-,39-;;;/m1.../s1. The first-order chi connectivity index (χ1) is 23.0. The molecule has 0 aliphatic heterocycles. The number of fused-ring (bicyclic) bond motifs is 2. The monoisotopic (exact) mass is 754 g/mol. The van der Waals surface area contributed by atoms with Gasteiger partial charge in [-0.1, -0.05) is 175 Å². The molecule has 0 spiro atoms. The maximum absolute atomic E-state index is 14.9. The summed E-state index contributed by atoms with van der Waals surface area (Å²) in [5.41, 5.74) is 13.8. The van der Waals surface area contributed by atoms with E-state index in [4.69, 9.17) is 4.72 Å². The maximum Gasteiger partial charge on any atom is 0.102 e. The van der Waals surface area contributed by atoms with Gasteiger partial charge in [-0.3, -0.25) is 0 Å². The Labute approximate surface area is 297 Å². The molecule has 0 amide bonds. The largest absolute Gasteiger partial charge is 0.672 e. The molecule has 4 nitrogen and oxygen atoms in total. The number of rotatable bonds is 8. The minimum atomic E-state index is -4.34. The van der Waals surface area contributed by atoms with E-state index in [1.807, 2.05) is 181 Å². The van der Waals surface area contributed by atoms with Gasteiger partial charge >= 0.3 is 27.0 Å². The number of nitrogens with zero attached hydrogens (tertiary/aromatic N) is 1. The Bertz CT molecular complexity index is 2180. The van der Waals surface area contributed by atoms with Gasteiger partial charge in [-0.25, -0.2) is 8.42 Å². The summed E-state index contributed by atoms with van der Waals surface area (Å²) in [6.45, 7) is 0. The molecule has 7 aromatic rings. The maximum atomic E-state index is 14.9. The molecule has 0 radical (unpaired) electrons. The molecule has 7 rings (SSSR count). The van der Waals surface area contributed by atoms with Crippen molar-refractivity contribution in [3.63, 3.8) is 0 Å². The molecule has 0 bridgehead atoms. The van der Waals surface area contributed by atoms with Crippen molar-refractivity contribution in [2.45, 2.75) is 17.0 Å². The summed E-state index contributed by atoms with van der Waals surface area (Å²) in [5.74, 6) is 0. The SMILES string of the molecule is [CH3-].[Cl][Ru+3].[NH-][C@H](c1cccc2ccccc12)[C@H]([N-]S(=O)(=O)c1c(-c2ccccc2)cccc1-c1ccccc1)c1cccc2ccccc12. The second kappa shape index (κ2) is 15.8. The van der Waals surface area contributed by atoms with E-state index < -0.39 is 22.1 Å². The average molecular weight is 754 g/mol. The Morgan fingerprint density at radius 1 is 0.521 bits per heavy atom. The van der Waals surface area contributed by atoms with Crippen LogP contribution in [-0.4, -0.2) is 8.42 Å². The molecule has 0 saturated heterocycles. The molecule has 7 aromatic carbocycles. The van der Waals surface area contributed by atoms with Gasteiger partial charge in [-0.15, -0.1) is 12.1 Å². The van der Waals surface area contributed by atoms with Gasteiger partial charge in [0.05, 0.1) is 4.90 Å². The molecule has 0 aliphatic rings. The van der Waals surface area contributed by atoms with Crippen LogP contribution in [0.15, 0.2) is 169 Å². The number of nitrogens with one attached hydrogen (secondary N) is 1. The van der Waals surface area contributed by atoms with E-state index in [0.717, 1.165) is 38.2 Å². The van der Waals surface area contributed by atoms with Crippen LogP contribution in [0.1, 0.15) is 23.2 Å². The molecular formula is C41H33ClN2O2RuS. The van der Waals surface area contributed by atoms with Crippen LogP contribution >= 0.6 is 9.69 Å². The third kappa shape index (κ3) is 7.14. The van der Waals surface area contributed by atoms with Crippen LogP contribution in [-0.2, 0) is 27.3 Å². The van der Waals surface area contributed by atoms with Gasteiger partial charge in [0.15, 0.2) is 0 Å². The molecule has 0 aliphatic carbocycles. The van der Waals surface area contributed by atoms with Crippen LogP contribution in [0.3, 0.4) is 0 Å². The second-order valence-corrected chi connectivity index (χ2v) is 12.6. The van der Waals surface area contributed by atoms with Gasteiger partial charge in [0.25, 0.3) is 0 Å². The zero-order valence-electron chi connectivity index (χ0n) is 26.1. The van der Waals surface area contributed by atoms with Crippen LogP contribution in [0.25, 0.3) is 54.3 Å². The van der Waals surface area contributed by atoms with Gasteiger partial charge in [0, 0.05) is 0 Å².